The Morgan fingerprint density at radius 3 is 2.73 bits per heavy atom. The lowest BCUT2D eigenvalue weighted by molar-refractivity contribution is 0.168. The second-order valence-electron chi connectivity index (χ2n) is 7.35. The summed E-state index contributed by atoms with van der Waals surface area (Å²) in [6.07, 6.45) is 1.75. The number of imidazole rings is 1. The van der Waals surface area contributed by atoms with Gasteiger partial charge in [0.25, 0.3) is 0 Å². The summed E-state index contributed by atoms with van der Waals surface area (Å²) in [5.74, 6) is 1.94. The van der Waals surface area contributed by atoms with Crippen LogP contribution in [-0.4, -0.2) is 35.4 Å². The van der Waals surface area contributed by atoms with Crippen molar-refractivity contribution >= 4 is 28.5 Å². The van der Waals surface area contributed by atoms with Crippen LogP contribution in [0.3, 0.4) is 0 Å². The van der Waals surface area contributed by atoms with Crippen molar-refractivity contribution in [2.24, 2.45) is 0 Å². The molecule has 7 heteroatoms. The molecule has 1 aliphatic heterocycles. The van der Waals surface area contributed by atoms with Crippen molar-refractivity contribution in [3.63, 3.8) is 0 Å². The summed E-state index contributed by atoms with van der Waals surface area (Å²) < 4.78 is 13.0. The van der Waals surface area contributed by atoms with Crippen LogP contribution in [0.1, 0.15) is 32.5 Å². The fourth-order valence-corrected chi connectivity index (χ4v) is 3.69. The van der Waals surface area contributed by atoms with Crippen molar-refractivity contribution in [2.75, 3.05) is 30.0 Å². The highest BCUT2D eigenvalue weighted by molar-refractivity contribution is 5.89. The molecule has 0 saturated carbocycles. The molecule has 30 heavy (non-hydrogen) atoms. The number of carbonyl (C=O) groups is 1. The summed E-state index contributed by atoms with van der Waals surface area (Å²) in [4.78, 5) is 18.8. The number of nitrogens with one attached hydrogen (secondary N) is 1. The minimum Gasteiger partial charge on any atom is -0.494 e. The highest BCUT2D eigenvalue weighted by Gasteiger charge is 2.20. The van der Waals surface area contributed by atoms with Crippen LogP contribution in [0.4, 0.5) is 16.2 Å². The van der Waals surface area contributed by atoms with Gasteiger partial charge in [0.1, 0.15) is 11.6 Å². The number of unbranched alkanes of at least 4 members (excludes halogenated alkanes) is 1. The average Bonchev–Trinajstić information content (AvgIpc) is 3.11. The van der Waals surface area contributed by atoms with Gasteiger partial charge in [-0.1, -0.05) is 13.3 Å². The standard InChI is InChI=1S/C23H28N4O3/c1-3-5-14-30-19-9-7-18(8-10-19)26-12-13-27-21-11-6-17(24-23(28)29-4-2)15-20(21)25-22(27)16-26/h6-11,15H,3-5,12-14,16H2,1-2H3,(H,24,28). The van der Waals surface area contributed by atoms with E-state index in [9.17, 15) is 4.79 Å². The Hall–Kier alpha value is -3.22. The van der Waals surface area contributed by atoms with Crippen molar-refractivity contribution in [3.8, 4) is 5.75 Å². The summed E-state index contributed by atoms with van der Waals surface area (Å²) in [6, 6.07) is 14.1. The number of ether oxygens (including phenoxy) is 2. The molecule has 7 nitrogen and oxygen atoms in total. The zero-order valence-corrected chi connectivity index (χ0v) is 17.6. The molecule has 1 aromatic heterocycles. The summed E-state index contributed by atoms with van der Waals surface area (Å²) in [5, 5.41) is 2.74. The second kappa shape index (κ2) is 9.07. The minimum absolute atomic E-state index is 0.342. The Balaban J connectivity index is 1.47. The molecular weight excluding hydrogens is 380 g/mol. The first-order valence-corrected chi connectivity index (χ1v) is 10.6. The normalized spacial score (nSPS) is 13.2. The molecule has 0 fully saturated rings. The predicted octanol–water partition coefficient (Wildman–Crippen LogP) is 4.80. The molecule has 4 rings (SSSR count). The molecule has 158 valence electrons. The predicted molar refractivity (Wildman–Crippen MR) is 118 cm³/mol. The van der Waals surface area contributed by atoms with E-state index in [1.54, 1.807) is 6.92 Å². The Labute approximate surface area is 176 Å². The van der Waals surface area contributed by atoms with Crippen molar-refractivity contribution in [2.45, 2.75) is 39.8 Å². The van der Waals surface area contributed by atoms with Gasteiger partial charge in [0.05, 0.1) is 30.8 Å². The van der Waals surface area contributed by atoms with Gasteiger partial charge in [0.15, 0.2) is 0 Å². The number of hydrogen-bond donors (Lipinski definition) is 1. The van der Waals surface area contributed by atoms with E-state index in [-0.39, 0.29) is 0 Å². The fraction of sp³-hybridized carbons (Fsp3) is 0.391. The summed E-state index contributed by atoms with van der Waals surface area (Å²) >= 11 is 0. The molecule has 2 heterocycles. The molecule has 1 N–H and O–H groups in total. The highest BCUT2D eigenvalue weighted by atomic mass is 16.5. The largest absolute Gasteiger partial charge is 0.494 e. The Morgan fingerprint density at radius 1 is 1.13 bits per heavy atom. The first kappa shape index (κ1) is 20.1. The van der Waals surface area contributed by atoms with Crippen LogP contribution in [0.2, 0.25) is 0 Å². The van der Waals surface area contributed by atoms with Crippen molar-refractivity contribution in [3.05, 3.63) is 48.3 Å². The van der Waals surface area contributed by atoms with Crippen molar-refractivity contribution in [1.82, 2.24) is 9.55 Å². The lowest BCUT2D eigenvalue weighted by atomic mass is 10.2. The smallest absolute Gasteiger partial charge is 0.411 e. The van der Waals surface area contributed by atoms with Gasteiger partial charge in [-0.15, -0.1) is 0 Å². The fourth-order valence-electron chi connectivity index (χ4n) is 3.69. The number of hydrogen-bond acceptors (Lipinski definition) is 5. The summed E-state index contributed by atoms with van der Waals surface area (Å²) in [6.45, 7) is 7.57. The number of benzene rings is 2. The van der Waals surface area contributed by atoms with Crippen LogP contribution in [0.25, 0.3) is 11.0 Å². The maximum atomic E-state index is 11.7. The lowest BCUT2D eigenvalue weighted by Gasteiger charge is -2.30. The minimum atomic E-state index is -0.450. The van der Waals surface area contributed by atoms with Crippen LogP contribution < -0.4 is 15.0 Å². The third-order valence-corrected chi connectivity index (χ3v) is 5.24. The molecule has 2 aromatic carbocycles. The molecule has 0 spiro atoms. The zero-order chi connectivity index (χ0) is 20.9. The molecule has 0 saturated heterocycles. The van der Waals surface area contributed by atoms with Gasteiger partial charge in [-0.2, -0.15) is 0 Å². The van der Waals surface area contributed by atoms with E-state index in [1.165, 1.54) is 5.69 Å². The molecule has 0 aliphatic carbocycles. The number of nitrogens with zero attached hydrogens (tertiary/aromatic N) is 3. The maximum Gasteiger partial charge on any atom is 0.411 e. The van der Waals surface area contributed by atoms with Crippen LogP contribution in [0.15, 0.2) is 42.5 Å². The Bertz CT molecular complexity index is 1010. The average molecular weight is 409 g/mol. The molecule has 0 unspecified atom stereocenters. The number of fused-ring (bicyclic) bond motifs is 3. The summed E-state index contributed by atoms with van der Waals surface area (Å²) in [5.41, 5.74) is 3.81. The van der Waals surface area contributed by atoms with Crippen molar-refractivity contribution < 1.29 is 14.3 Å². The van der Waals surface area contributed by atoms with Crippen LogP contribution in [-0.2, 0) is 17.8 Å². The SMILES string of the molecule is CCCCOc1ccc(N2CCn3c(nc4cc(NC(=O)OCC)ccc43)C2)cc1. The first-order chi connectivity index (χ1) is 14.7. The van der Waals surface area contributed by atoms with Gasteiger partial charge in [-0.05, 0) is 55.8 Å². The molecule has 3 aromatic rings. The third kappa shape index (κ3) is 4.35. The first-order valence-electron chi connectivity index (χ1n) is 10.6. The van der Waals surface area contributed by atoms with E-state index in [1.807, 2.05) is 30.3 Å². The van der Waals surface area contributed by atoms with E-state index in [2.05, 4.69) is 33.8 Å². The van der Waals surface area contributed by atoms with Gasteiger partial charge < -0.3 is 18.9 Å². The number of aromatic nitrogens is 2. The number of rotatable bonds is 7. The van der Waals surface area contributed by atoms with Gasteiger partial charge in [-0.3, -0.25) is 5.32 Å². The Morgan fingerprint density at radius 2 is 1.97 bits per heavy atom. The molecule has 0 bridgehead atoms. The number of amides is 1. The van der Waals surface area contributed by atoms with Crippen LogP contribution >= 0.6 is 0 Å². The van der Waals surface area contributed by atoms with E-state index >= 15 is 0 Å². The molecular formula is C23H28N4O3. The van der Waals surface area contributed by atoms with Gasteiger partial charge in [-0.25, -0.2) is 9.78 Å². The number of carbonyl (C=O) groups excluding carboxylic acids is 1. The molecule has 1 amide bonds. The van der Waals surface area contributed by atoms with E-state index in [0.29, 0.717) is 12.3 Å². The summed E-state index contributed by atoms with van der Waals surface area (Å²) in [7, 11) is 0. The molecule has 1 aliphatic rings. The molecule has 0 atom stereocenters. The molecule has 0 radical (unpaired) electrons. The zero-order valence-electron chi connectivity index (χ0n) is 17.6. The topological polar surface area (TPSA) is 68.6 Å². The lowest BCUT2D eigenvalue weighted by Crippen LogP contribution is -2.33. The van der Waals surface area contributed by atoms with Gasteiger partial charge in [0, 0.05) is 24.5 Å². The number of anilines is 2. The monoisotopic (exact) mass is 408 g/mol. The van der Waals surface area contributed by atoms with E-state index in [4.69, 9.17) is 14.5 Å². The second-order valence-corrected chi connectivity index (χ2v) is 7.35. The van der Waals surface area contributed by atoms with Crippen LogP contribution in [0, 0.1) is 0 Å². The van der Waals surface area contributed by atoms with Crippen molar-refractivity contribution in [1.29, 1.82) is 0 Å². The third-order valence-electron chi connectivity index (χ3n) is 5.24. The Kier molecular flexibility index (Phi) is 6.07. The van der Waals surface area contributed by atoms with Gasteiger partial charge >= 0.3 is 6.09 Å². The highest BCUT2D eigenvalue weighted by Crippen LogP contribution is 2.27. The van der Waals surface area contributed by atoms with Gasteiger partial charge in [0.2, 0.25) is 0 Å². The van der Waals surface area contributed by atoms with E-state index in [0.717, 1.165) is 61.7 Å². The maximum absolute atomic E-state index is 11.7. The van der Waals surface area contributed by atoms with E-state index < -0.39 is 6.09 Å². The quantitative estimate of drug-likeness (QED) is 0.569. The van der Waals surface area contributed by atoms with Crippen LogP contribution in [0.5, 0.6) is 5.75 Å².